The van der Waals surface area contributed by atoms with E-state index < -0.39 is 0 Å². The van der Waals surface area contributed by atoms with Gasteiger partial charge in [0.2, 0.25) is 0 Å². The molecule has 2 atom stereocenters. The summed E-state index contributed by atoms with van der Waals surface area (Å²) in [6.45, 7) is 0.775. The Morgan fingerprint density at radius 2 is 2.06 bits per heavy atom. The molecule has 1 aromatic rings. The summed E-state index contributed by atoms with van der Waals surface area (Å²) in [5, 5.41) is 0. The summed E-state index contributed by atoms with van der Waals surface area (Å²) in [5.41, 5.74) is 1.22. The van der Waals surface area contributed by atoms with Gasteiger partial charge in [-0.15, -0.1) is 0 Å². The number of esters is 1. The Hall–Kier alpha value is -1.42. The summed E-state index contributed by atoms with van der Waals surface area (Å²) in [6, 6.07) is 10.3. The van der Waals surface area contributed by atoms with E-state index in [2.05, 4.69) is 17.0 Å². The fraction of sp³-hybridized carbons (Fsp3) is 0.385. The molecule has 3 rings (SSSR count). The van der Waals surface area contributed by atoms with Crippen molar-refractivity contribution in [3.63, 3.8) is 0 Å². The van der Waals surface area contributed by atoms with Crippen molar-refractivity contribution in [3.8, 4) is 0 Å². The van der Waals surface area contributed by atoms with Crippen LogP contribution in [0.3, 0.4) is 0 Å². The molecule has 0 unspecified atom stereocenters. The minimum absolute atomic E-state index is 0.0151. The molecule has 2 saturated heterocycles. The van der Waals surface area contributed by atoms with Gasteiger partial charge in [0, 0.05) is 13.0 Å². The van der Waals surface area contributed by atoms with Crippen molar-refractivity contribution in [2.75, 3.05) is 0 Å². The highest BCUT2D eigenvalue weighted by Gasteiger charge is 2.45. The van der Waals surface area contributed by atoms with E-state index in [1.807, 2.05) is 18.2 Å². The van der Waals surface area contributed by atoms with Crippen LogP contribution in [0.5, 0.6) is 0 Å². The van der Waals surface area contributed by atoms with Gasteiger partial charge in [-0.3, -0.25) is 4.79 Å². The summed E-state index contributed by atoms with van der Waals surface area (Å²) in [7, 11) is 0. The molecule has 0 amide bonds. The number of likely N-dealkylation sites (tertiary alicyclic amines) is 1. The fourth-order valence-corrected chi connectivity index (χ4v) is 2.91. The standard InChI is InChI=1S/C13H13NO2S/c15-13-6-10-11(16-13)7-12(17)14(10)8-9-4-2-1-3-5-9/h1-5,10-11H,6-8H2/t10-,11-/m1/s1. The van der Waals surface area contributed by atoms with E-state index in [0.717, 1.165) is 11.5 Å². The predicted molar refractivity (Wildman–Crippen MR) is 67.5 cm³/mol. The maximum atomic E-state index is 11.3. The number of nitrogens with zero attached hydrogens (tertiary/aromatic N) is 1. The van der Waals surface area contributed by atoms with Crippen LogP contribution in [0.1, 0.15) is 18.4 Å². The van der Waals surface area contributed by atoms with E-state index in [9.17, 15) is 4.79 Å². The Balaban J connectivity index is 1.78. The Kier molecular flexibility index (Phi) is 2.59. The van der Waals surface area contributed by atoms with Gasteiger partial charge in [0.1, 0.15) is 6.10 Å². The second kappa shape index (κ2) is 4.11. The predicted octanol–water partition coefficient (Wildman–Crippen LogP) is 1.90. The lowest BCUT2D eigenvalue weighted by Crippen LogP contribution is -2.33. The highest BCUT2D eigenvalue weighted by Crippen LogP contribution is 2.32. The third kappa shape index (κ3) is 1.93. The zero-order valence-electron chi connectivity index (χ0n) is 9.33. The molecule has 2 aliphatic heterocycles. The molecule has 3 nitrogen and oxygen atoms in total. The monoisotopic (exact) mass is 247 g/mol. The Labute approximate surface area is 105 Å². The minimum atomic E-state index is -0.0967. The van der Waals surface area contributed by atoms with Crippen LogP contribution in [0.2, 0.25) is 0 Å². The zero-order valence-corrected chi connectivity index (χ0v) is 10.2. The summed E-state index contributed by atoms with van der Waals surface area (Å²) in [5.74, 6) is -0.0967. The number of carbonyl (C=O) groups excluding carboxylic acids is 1. The van der Waals surface area contributed by atoms with Gasteiger partial charge in [-0.05, 0) is 5.56 Å². The number of hydrogen-bond donors (Lipinski definition) is 0. The van der Waals surface area contributed by atoms with Crippen LogP contribution in [0.25, 0.3) is 0 Å². The third-order valence-corrected chi connectivity index (χ3v) is 3.78. The number of fused-ring (bicyclic) bond motifs is 1. The van der Waals surface area contributed by atoms with E-state index in [1.54, 1.807) is 0 Å². The minimum Gasteiger partial charge on any atom is -0.460 e. The largest absolute Gasteiger partial charge is 0.460 e. The summed E-state index contributed by atoms with van der Waals surface area (Å²) in [4.78, 5) is 14.3. The Morgan fingerprint density at radius 1 is 1.29 bits per heavy atom. The molecule has 0 bridgehead atoms. The number of hydrogen-bond acceptors (Lipinski definition) is 3. The van der Waals surface area contributed by atoms with Crippen molar-refractivity contribution in [3.05, 3.63) is 35.9 Å². The Bertz CT molecular complexity index is 460. The van der Waals surface area contributed by atoms with Crippen LogP contribution in [0.15, 0.2) is 30.3 Å². The van der Waals surface area contributed by atoms with Crippen molar-refractivity contribution in [1.82, 2.24) is 4.90 Å². The molecule has 0 radical (unpaired) electrons. The van der Waals surface area contributed by atoms with Crippen LogP contribution in [0.4, 0.5) is 0 Å². The smallest absolute Gasteiger partial charge is 0.308 e. The summed E-state index contributed by atoms with van der Waals surface area (Å²) >= 11 is 5.37. The second-order valence-corrected chi connectivity index (χ2v) is 4.98. The number of carbonyl (C=O) groups is 1. The second-order valence-electron chi connectivity index (χ2n) is 4.51. The molecular formula is C13H13NO2S. The summed E-state index contributed by atoms with van der Waals surface area (Å²) in [6.07, 6.45) is 1.16. The average Bonchev–Trinajstić information content (AvgIpc) is 2.79. The van der Waals surface area contributed by atoms with Gasteiger partial charge in [0.05, 0.1) is 17.5 Å². The summed E-state index contributed by atoms with van der Waals surface area (Å²) < 4.78 is 5.26. The number of thiocarbonyl (C=S) groups is 1. The molecule has 0 saturated carbocycles. The molecule has 0 spiro atoms. The maximum absolute atomic E-state index is 11.3. The zero-order chi connectivity index (χ0) is 11.8. The van der Waals surface area contributed by atoms with Crippen LogP contribution in [0, 0.1) is 0 Å². The van der Waals surface area contributed by atoms with Crippen molar-refractivity contribution in [2.45, 2.75) is 31.5 Å². The Morgan fingerprint density at radius 3 is 2.82 bits per heavy atom. The number of ether oxygens (including phenoxy) is 1. The van der Waals surface area contributed by atoms with Crippen LogP contribution in [-0.2, 0) is 16.1 Å². The lowest BCUT2D eigenvalue weighted by molar-refractivity contribution is -0.141. The molecule has 2 heterocycles. The number of rotatable bonds is 2. The lowest BCUT2D eigenvalue weighted by atomic mass is 10.1. The molecule has 4 heteroatoms. The highest BCUT2D eigenvalue weighted by molar-refractivity contribution is 7.80. The molecule has 0 N–H and O–H groups in total. The SMILES string of the molecule is O=C1C[C@@H]2[C@@H](CC(=S)N2Cc2ccccc2)O1. The molecular weight excluding hydrogens is 234 g/mol. The quantitative estimate of drug-likeness (QED) is 0.590. The highest BCUT2D eigenvalue weighted by atomic mass is 32.1. The lowest BCUT2D eigenvalue weighted by Gasteiger charge is -2.23. The first-order valence-corrected chi connectivity index (χ1v) is 6.18. The molecule has 0 aromatic heterocycles. The van der Waals surface area contributed by atoms with Gasteiger partial charge in [-0.25, -0.2) is 0 Å². The van der Waals surface area contributed by atoms with Crippen LogP contribution < -0.4 is 0 Å². The first-order chi connectivity index (χ1) is 8.24. The molecule has 2 aliphatic rings. The van der Waals surface area contributed by atoms with Crippen molar-refractivity contribution < 1.29 is 9.53 Å². The van der Waals surface area contributed by atoms with Crippen LogP contribution >= 0.6 is 12.2 Å². The van der Waals surface area contributed by atoms with E-state index >= 15 is 0 Å². The van der Waals surface area contributed by atoms with E-state index in [4.69, 9.17) is 17.0 Å². The van der Waals surface area contributed by atoms with Crippen molar-refractivity contribution in [2.24, 2.45) is 0 Å². The third-order valence-electron chi connectivity index (χ3n) is 3.38. The molecule has 2 fully saturated rings. The average molecular weight is 247 g/mol. The van der Waals surface area contributed by atoms with Gasteiger partial charge >= 0.3 is 5.97 Å². The van der Waals surface area contributed by atoms with Crippen LogP contribution in [-0.4, -0.2) is 28.0 Å². The van der Waals surface area contributed by atoms with Gasteiger partial charge in [0.15, 0.2) is 0 Å². The molecule has 17 heavy (non-hydrogen) atoms. The van der Waals surface area contributed by atoms with E-state index in [0.29, 0.717) is 12.8 Å². The topological polar surface area (TPSA) is 29.5 Å². The maximum Gasteiger partial charge on any atom is 0.308 e. The first kappa shape index (κ1) is 10.7. The van der Waals surface area contributed by atoms with Gasteiger partial charge in [-0.2, -0.15) is 0 Å². The molecule has 0 aliphatic carbocycles. The van der Waals surface area contributed by atoms with Gasteiger partial charge in [0.25, 0.3) is 0 Å². The fourth-order valence-electron chi connectivity index (χ4n) is 2.55. The van der Waals surface area contributed by atoms with E-state index in [1.165, 1.54) is 5.56 Å². The van der Waals surface area contributed by atoms with Crippen molar-refractivity contribution in [1.29, 1.82) is 0 Å². The van der Waals surface area contributed by atoms with E-state index in [-0.39, 0.29) is 18.1 Å². The van der Waals surface area contributed by atoms with Gasteiger partial charge in [-0.1, -0.05) is 42.5 Å². The first-order valence-electron chi connectivity index (χ1n) is 5.77. The van der Waals surface area contributed by atoms with Gasteiger partial charge < -0.3 is 9.64 Å². The van der Waals surface area contributed by atoms with Crippen molar-refractivity contribution >= 4 is 23.2 Å². The number of benzene rings is 1. The molecule has 1 aromatic carbocycles. The normalized spacial score (nSPS) is 27.2. The molecule has 88 valence electrons.